The Morgan fingerprint density at radius 1 is 1.04 bits per heavy atom. The van der Waals surface area contributed by atoms with E-state index in [0.29, 0.717) is 0 Å². The van der Waals surface area contributed by atoms with Gasteiger partial charge in [-0.25, -0.2) is 0 Å². The number of fused-ring (bicyclic) bond motifs is 1. The fourth-order valence-corrected chi connectivity index (χ4v) is 4.04. The summed E-state index contributed by atoms with van der Waals surface area (Å²) in [5, 5.41) is 3.75. The molecule has 0 bridgehead atoms. The number of hydrogen-bond donors (Lipinski definition) is 1. The molecule has 1 N–H and O–H groups in total. The zero-order valence-electron chi connectivity index (χ0n) is 14.7. The molecule has 0 radical (unpaired) electrons. The minimum atomic E-state index is -0.0458. The van der Waals surface area contributed by atoms with Crippen LogP contribution < -0.4 is 5.32 Å². The summed E-state index contributed by atoms with van der Waals surface area (Å²) in [4.78, 5) is 0. The van der Waals surface area contributed by atoms with Gasteiger partial charge in [0.1, 0.15) is 0 Å². The van der Waals surface area contributed by atoms with Gasteiger partial charge in [-0.3, -0.25) is 0 Å². The molecule has 0 fully saturated rings. The average molecular weight is 336 g/mol. The minimum absolute atomic E-state index is 0.0458. The van der Waals surface area contributed by atoms with Gasteiger partial charge in [0.05, 0.1) is 11.2 Å². The van der Waals surface area contributed by atoms with Crippen LogP contribution in [0, 0.1) is 6.92 Å². The van der Waals surface area contributed by atoms with Crippen molar-refractivity contribution in [1.29, 1.82) is 0 Å². The van der Waals surface area contributed by atoms with Gasteiger partial charge in [-0.15, -0.1) is 6.58 Å². The molecule has 124 valence electrons. The highest BCUT2D eigenvalue weighted by Gasteiger charge is 2.26. The first-order chi connectivity index (χ1) is 11.5. The quantitative estimate of drug-likeness (QED) is 0.518. The van der Waals surface area contributed by atoms with E-state index in [-0.39, 0.29) is 5.54 Å². The fourth-order valence-electron chi connectivity index (χ4n) is 3.30. The first kappa shape index (κ1) is 16.9. The van der Waals surface area contributed by atoms with Crippen LogP contribution in [-0.2, 0) is 0 Å². The molecule has 0 atom stereocenters. The Labute approximate surface area is 149 Å². The number of benzene rings is 2. The number of thioether (sulfide) groups is 1. The van der Waals surface area contributed by atoms with Crippen molar-refractivity contribution < 1.29 is 0 Å². The van der Waals surface area contributed by atoms with Crippen molar-refractivity contribution in [2.75, 3.05) is 16.8 Å². The number of nitrogens with one attached hydrogen (secondary N) is 1. The molecule has 0 unspecified atom stereocenters. The van der Waals surface area contributed by atoms with Gasteiger partial charge in [0.15, 0.2) is 0 Å². The second kappa shape index (κ2) is 6.90. The molecule has 0 saturated heterocycles. The van der Waals surface area contributed by atoms with E-state index in [1.807, 2.05) is 17.8 Å². The van der Waals surface area contributed by atoms with Crippen molar-refractivity contribution in [3.05, 3.63) is 72.3 Å². The van der Waals surface area contributed by atoms with Crippen molar-refractivity contribution in [2.45, 2.75) is 26.3 Å². The topological polar surface area (TPSA) is 12.0 Å². The SMILES string of the molecule is C=CCSCC1=CC(C)(C)Nc2c1cccc2-c1ccccc1C. The molecule has 0 spiro atoms. The van der Waals surface area contributed by atoms with Crippen molar-refractivity contribution >= 4 is 23.0 Å². The molecular formula is C22H25NS. The van der Waals surface area contributed by atoms with Crippen LogP contribution >= 0.6 is 11.8 Å². The molecule has 1 heterocycles. The summed E-state index contributed by atoms with van der Waals surface area (Å²) in [6.07, 6.45) is 4.34. The Bertz CT molecular complexity index is 786. The van der Waals surface area contributed by atoms with E-state index in [2.05, 4.69) is 81.2 Å². The van der Waals surface area contributed by atoms with E-state index in [1.54, 1.807) is 0 Å². The third-order valence-electron chi connectivity index (χ3n) is 4.32. The van der Waals surface area contributed by atoms with E-state index in [9.17, 15) is 0 Å². The zero-order valence-corrected chi connectivity index (χ0v) is 15.5. The Morgan fingerprint density at radius 3 is 2.50 bits per heavy atom. The molecule has 2 aromatic rings. The maximum atomic E-state index is 3.83. The predicted octanol–water partition coefficient (Wildman–Crippen LogP) is 6.17. The summed E-state index contributed by atoms with van der Waals surface area (Å²) in [6.45, 7) is 10.5. The lowest BCUT2D eigenvalue weighted by molar-refractivity contribution is 0.708. The Kier molecular flexibility index (Phi) is 4.86. The average Bonchev–Trinajstić information content (AvgIpc) is 2.54. The van der Waals surface area contributed by atoms with Gasteiger partial charge in [-0.1, -0.05) is 54.6 Å². The van der Waals surface area contributed by atoms with Crippen LogP contribution in [0.1, 0.15) is 25.0 Å². The molecule has 1 nitrogen and oxygen atoms in total. The van der Waals surface area contributed by atoms with Gasteiger partial charge < -0.3 is 5.32 Å². The summed E-state index contributed by atoms with van der Waals surface area (Å²) in [6, 6.07) is 15.2. The van der Waals surface area contributed by atoms with Crippen molar-refractivity contribution in [3.63, 3.8) is 0 Å². The van der Waals surface area contributed by atoms with Crippen molar-refractivity contribution in [1.82, 2.24) is 0 Å². The number of hydrogen-bond acceptors (Lipinski definition) is 2. The lowest BCUT2D eigenvalue weighted by Gasteiger charge is -2.34. The highest BCUT2D eigenvalue weighted by Crippen LogP contribution is 2.42. The van der Waals surface area contributed by atoms with Crippen LogP contribution in [0.25, 0.3) is 16.7 Å². The van der Waals surface area contributed by atoms with Crippen LogP contribution in [0.5, 0.6) is 0 Å². The van der Waals surface area contributed by atoms with Crippen molar-refractivity contribution in [3.8, 4) is 11.1 Å². The summed E-state index contributed by atoms with van der Waals surface area (Å²) in [5.41, 5.74) is 7.85. The molecule has 0 aromatic heterocycles. The van der Waals surface area contributed by atoms with Crippen LogP contribution in [0.3, 0.4) is 0 Å². The third kappa shape index (κ3) is 3.44. The van der Waals surface area contributed by atoms with E-state index in [4.69, 9.17) is 0 Å². The Morgan fingerprint density at radius 2 is 1.75 bits per heavy atom. The van der Waals surface area contributed by atoms with Crippen LogP contribution in [0.2, 0.25) is 0 Å². The zero-order chi connectivity index (χ0) is 17.2. The van der Waals surface area contributed by atoms with E-state index < -0.39 is 0 Å². The number of aryl methyl sites for hydroxylation is 1. The second-order valence-corrected chi connectivity index (χ2v) is 7.89. The molecule has 2 heteroatoms. The monoisotopic (exact) mass is 335 g/mol. The molecule has 0 amide bonds. The number of para-hydroxylation sites is 1. The minimum Gasteiger partial charge on any atom is -0.376 e. The third-order valence-corrected chi connectivity index (χ3v) is 5.31. The Hall–Kier alpha value is -1.93. The molecular weight excluding hydrogens is 310 g/mol. The Balaban J connectivity index is 2.09. The first-order valence-electron chi connectivity index (χ1n) is 8.40. The maximum absolute atomic E-state index is 3.83. The van der Waals surface area contributed by atoms with E-state index >= 15 is 0 Å². The standard InChI is InChI=1S/C22H25NS/c1-5-13-24-15-17-14-22(3,4)23-21-19(17)11-8-12-20(21)18-10-7-6-9-16(18)2/h5-12,14,23H,1,13,15H2,2-4H3. The normalized spacial score (nSPS) is 15.2. The van der Waals surface area contributed by atoms with E-state index in [1.165, 1.54) is 33.5 Å². The summed E-state index contributed by atoms with van der Waals surface area (Å²) in [7, 11) is 0. The number of anilines is 1. The van der Waals surface area contributed by atoms with Crippen LogP contribution in [0.4, 0.5) is 5.69 Å². The van der Waals surface area contributed by atoms with Crippen LogP contribution in [0.15, 0.2) is 61.2 Å². The fraction of sp³-hybridized carbons (Fsp3) is 0.273. The largest absolute Gasteiger partial charge is 0.376 e. The lowest BCUT2D eigenvalue weighted by Crippen LogP contribution is -2.32. The predicted molar refractivity (Wildman–Crippen MR) is 110 cm³/mol. The molecule has 24 heavy (non-hydrogen) atoms. The highest BCUT2D eigenvalue weighted by atomic mass is 32.2. The van der Waals surface area contributed by atoms with Gasteiger partial charge in [0, 0.05) is 22.6 Å². The molecule has 0 saturated carbocycles. The maximum Gasteiger partial charge on any atom is 0.0506 e. The smallest absolute Gasteiger partial charge is 0.0506 e. The number of rotatable bonds is 5. The van der Waals surface area contributed by atoms with Gasteiger partial charge in [-0.2, -0.15) is 11.8 Å². The van der Waals surface area contributed by atoms with Crippen LogP contribution in [-0.4, -0.2) is 17.0 Å². The molecule has 1 aliphatic rings. The molecule has 0 aliphatic carbocycles. The summed E-state index contributed by atoms with van der Waals surface area (Å²) >= 11 is 1.91. The van der Waals surface area contributed by atoms with Gasteiger partial charge in [0.2, 0.25) is 0 Å². The molecule has 2 aromatic carbocycles. The van der Waals surface area contributed by atoms with E-state index in [0.717, 1.165) is 11.5 Å². The summed E-state index contributed by atoms with van der Waals surface area (Å²) < 4.78 is 0. The first-order valence-corrected chi connectivity index (χ1v) is 9.55. The van der Waals surface area contributed by atoms with Gasteiger partial charge in [0.25, 0.3) is 0 Å². The lowest BCUT2D eigenvalue weighted by atomic mass is 9.87. The molecule has 1 aliphatic heterocycles. The van der Waals surface area contributed by atoms with Gasteiger partial charge >= 0.3 is 0 Å². The second-order valence-electron chi connectivity index (χ2n) is 6.86. The molecule has 3 rings (SSSR count). The van der Waals surface area contributed by atoms with Crippen molar-refractivity contribution in [2.24, 2.45) is 0 Å². The highest BCUT2D eigenvalue weighted by molar-refractivity contribution is 7.99. The summed E-state index contributed by atoms with van der Waals surface area (Å²) in [5.74, 6) is 2.00. The van der Waals surface area contributed by atoms with Gasteiger partial charge in [-0.05, 0) is 37.5 Å².